The normalized spacial score (nSPS) is 9.62. The van der Waals surface area contributed by atoms with Gasteiger partial charge in [0.05, 0.1) is 11.3 Å². The van der Waals surface area contributed by atoms with E-state index in [2.05, 4.69) is 4.98 Å². The SMILES string of the molecule is CC(=O)Cc1ncccc1C(N)=O. The van der Waals surface area contributed by atoms with Crippen molar-refractivity contribution in [2.45, 2.75) is 13.3 Å². The molecule has 0 aromatic carbocycles. The molecule has 0 aliphatic carbocycles. The molecule has 68 valence electrons. The summed E-state index contributed by atoms with van der Waals surface area (Å²) in [6.45, 7) is 1.44. The summed E-state index contributed by atoms with van der Waals surface area (Å²) in [7, 11) is 0. The molecule has 0 unspecified atom stereocenters. The minimum Gasteiger partial charge on any atom is -0.366 e. The van der Waals surface area contributed by atoms with Gasteiger partial charge in [-0.25, -0.2) is 0 Å². The zero-order valence-electron chi connectivity index (χ0n) is 7.28. The van der Waals surface area contributed by atoms with Crippen LogP contribution in [0.4, 0.5) is 0 Å². The summed E-state index contributed by atoms with van der Waals surface area (Å²) in [5.41, 5.74) is 5.86. The maximum Gasteiger partial charge on any atom is 0.250 e. The van der Waals surface area contributed by atoms with Gasteiger partial charge >= 0.3 is 0 Å². The fourth-order valence-corrected chi connectivity index (χ4v) is 1.04. The fourth-order valence-electron chi connectivity index (χ4n) is 1.04. The molecule has 0 aliphatic heterocycles. The molecule has 13 heavy (non-hydrogen) atoms. The van der Waals surface area contributed by atoms with Gasteiger partial charge in [-0.1, -0.05) is 0 Å². The van der Waals surface area contributed by atoms with Crippen molar-refractivity contribution in [3.8, 4) is 0 Å². The molecule has 1 aromatic heterocycles. The van der Waals surface area contributed by atoms with Gasteiger partial charge in [0.25, 0.3) is 5.91 Å². The number of pyridine rings is 1. The number of amides is 1. The molecule has 4 heteroatoms. The maximum absolute atomic E-state index is 10.9. The van der Waals surface area contributed by atoms with E-state index in [0.29, 0.717) is 11.3 Å². The van der Waals surface area contributed by atoms with Crippen LogP contribution in [0.5, 0.6) is 0 Å². The molecule has 0 aliphatic rings. The average molecular weight is 178 g/mol. The van der Waals surface area contributed by atoms with Gasteiger partial charge in [-0.05, 0) is 19.1 Å². The number of carbonyl (C=O) groups is 2. The van der Waals surface area contributed by atoms with E-state index in [9.17, 15) is 9.59 Å². The van der Waals surface area contributed by atoms with Gasteiger partial charge in [0.2, 0.25) is 0 Å². The van der Waals surface area contributed by atoms with Crippen molar-refractivity contribution >= 4 is 11.7 Å². The molecular formula is C9H10N2O2. The molecule has 0 bridgehead atoms. The van der Waals surface area contributed by atoms with Crippen LogP contribution in [-0.2, 0) is 11.2 Å². The van der Waals surface area contributed by atoms with Crippen molar-refractivity contribution in [2.24, 2.45) is 5.73 Å². The Balaban J connectivity index is 3.04. The van der Waals surface area contributed by atoms with E-state index in [1.807, 2.05) is 0 Å². The summed E-state index contributed by atoms with van der Waals surface area (Å²) in [4.78, 5) is 25.6. The van der Waals surface area contributed by atoms with Gasteiger partial charge in [-0.15, -0.1) is 0 Å². The van der Waals surface area contributed by atoms with Crippen molar-refractivity contribution in [1.29, 1.82) is 0 Å². The lowest BCUT2D eigenvalue weighted by Crippen LogP contribution is -2.16. The van der Waals surface area contributed by atoms with Gasteiger partial charge in [-0.3, -0.25) is 14.6 Å². The molecule has 0 saturated heterocycles. The van der Waals surface area contributed by atoms with E-state index in [1.54, 1.807) is 12.1 Å². The Bertz CT molecular complexity index is 347. The topological polar surface area (TPSA) is 73.1 Å². The lowest BCUT2D eigenvalue weighted by Gasteiger charge is -2.01. The first-order valence-corrected chi connectivity index (χ1v) is 3.84. The van der Waals surface area contributed by atoms with Crippen molar-refractivity contribution in [1.82, 2.24) is 4.98 Å². The number of hydrogen-bond donors (Lipinski definition) is 1. The van der Waals surface area contributed by atoms with Gasteiger partial charge in [0.15, 0.2) is 0 Å². The van der Waals surface area contributed by atoms with Gasteiger partial charge in [-0.2, -0.15) is 0 Å². The third kappa shape index (κ3) is 2.37. The van der Waals surface area contributed by atoms with E-state index in [0.717, 1.165) is 0 Å². The van der Waals surface area contributed by atoms with Crippen molar-refractivity contribution in [3.63, 3.8) is 0 Å². The molecule has 4 nitrogen and oxygen atoms in total. The van der Waals surface area contributed by atoms with Crippen LogP contribution in [0.2, 0.25) is 0 Å². The number of ketones is 1. The molecule has 0 spiro atoms. The van der Waals surface area contributed by atoms with Crippen LogP contribution >= 0.6 is 0 Å². The fraction of sp³-hybridized carbons (Fsp3) is 0.222. The second-order valence-corrected chi connectivity index (χ2v) is 2.74. The Morgan fingerprint density at radius 3 is 2.77 bits per heavy atom. The highest BCUT2D eigenvalue weighted by Crippen LogP contribution is 2.05. The first kappa shape index (κ1) is 9.38. The average Bonchev–Trinajstić information content (AvgIpc) is 2.03. The monoisotopic (exact) mass is 178 g/mol. The molecule has 0 saturated carbocycles. The summed E-state index contributed by atoms with van der Waals surface area (Å²) in [5, 5.41) is 0. The zero-order chi connectivity index (χ0) is 9.84. The lowest BCUT2D eigenvalue weighted by atomic mass is 10.1. The molecule has 1 heterocycles. The van der Waals surface area contributed by atoms with Crippen molar-refractivity contribution in [3.05, 3.63) is 29.6 Å². The molecule has 0 atom stereocenters. The summed E-state index contributed by atoms with van der Waals surface area (Å²) in [6.07, 6.45) is 1.68. The van der Waals surface area contributed by atoms with E-state index < -0.39 is 5.91 Å². The highest BCUT2D eigenvalue weighted by atomic mass is 16.1. The Labute approximate surface area is 75.8 Å². The van der Waals surface area contributed by atoms with Crippen LogP contribution in [0.1, 0.15) is 23.0 Å². The minimum absolute atomic E-state index is 0.0406. The predicted molar refractivity (Wildman–Crippen MR) is 47.1 cm³/mol. The first-order chi connectivity index (χ1) is 6.11. The van der Waals surface area contributed by atoms with Crippen LogP contribution in [0.15, 0.2) is 18.3 Å². The van der Waals surface area contributed by atoms with Crippen LogP contribution in [0, 0.1) is 0 Å². The summed E-state index contributed by atoms with van der Waals surface area (Å²) < 4.78 is 0. The van der Waals surface area contributed by atoms with E-state index in [1.165, 1.54) is 13.1 Å². The van der Waals surface area contributed by atoms with Crippen LogP contribution in [0.25, 0.3) is 0 Å². The second-order valence-electron chi connectivity index (χ2n) is 2.74. The Morgan fingerprint density at radius 1 is 1.54 bits per heavy atom. The molecule has 1 aromatic rings. The maximum atomic E-state index is 10.9. The largest absolute Gasteiger partial charge is 0.366 e. The summed E-state index contributed by atoms with van der Waals surface area (Å²) in [6, 6.07) is 3.18. The number of aromatic nitrogens is 1. The number of nitrogens with zero attached hydrogens (tertiary/aromatic N) is 1. The molecular weight excluding hydrogens is 168 g/mol. The van der Waals surface area contributed by atoms with E-state index in [4.69, 9.17) is 5.73 Å². The zero-order valence-corrected chi connectivity index (χ0v) is 7.28. The molecule has 0 radical (unpaired) electrons. The lowest BCUT2D eigenvalue weighted by molar-refractivity contribution is -0.116. The molecule has 2 N–H and O–H groups in total. The standard InChI is InChI=1S/C9H10N2O2/c1-6(12)5-8-7(9(10)13)3-2-4-11-8/h2-4H,5H2,1H3,(H2,10,13). The van der Waals surface area contributed by atoms with Gasteiger partial charge < -0.3 is 5.73 Å². The van der Waals surface area contributed by atoms with Crippen LogP contribution < -0.4 is 5.73 Å². The number of primary amides is 1. The third-order valence-electron chi connectivity index (χ3n) is 1.57. The summed E-state index contributed by atoms with van der Waals surface area (Å²) in [5.74, 6) is -0.592. The molecule has 0 fully saturated rings. The van der Waals surface area contributed by atoms with Gasteiger partial charge in [0, 0.05) is 12.6 Å². The number of Topliss-reactive ketones (excluding diaryl/α,β-unsaturated/α-hetero) is 1. The molecule has 1 amide bonds. The van der Waals surface area contributed by atoms with Crippen LogP contribution in [0.3, 0.4) is 0 Å². The van der Waals surface area contributed by atoms with Crippen LogP contribution in [-0.4, -0.2) is 16.7 Å². The van der Waals surface area contributed by atoms with E-state index in [-0.39, 0.29) is 12.2 Å². The highest BCUT2D eigenvalue weighted by Gasteiger charge is 2.09. The first-order valence-electron chi connectivity index (χ1n) is 3.84. The summed E-state index contributed by atoms with van der Waals surface area (Å²) >= 11 is 0. The quantitative estimate of drug-likeness (QED) is 0.724. The number of hydrogen-bond acceptors (Lipinski definition) is 3. The minimum atomic E-state index is -0.552. The predicted octanol–water partition coefficient (Wildman–Crippen LogP) is 0.312. The number of nitrogens with two attached hydrogens (primary N) is 1. The Morgan fingerprint density at radius 2 is 2.23 bits per heavy atom. The number of rotatable bonds is 3. The Hall–Kier alpha value is -1.71. The third-order valence-corrected chi connectivity index (χ3v) is 1.57. The number of carbonyl (C=O) groups excluding carboxylic acids is 2. The van der Waals surface area contributed by atoms with Gasteiger partial charge in [0.1, 0.15) is 5.78 Å². The van der Waals surface area contributed by atoms with Crippen molar-refractivity contribution < 1.29 is 9.59 Å². The second kappa shape index (κ2) is 3.80. The van der Waals surface area contributed by atoms with E-state index >= 15 is 0 Å². The Kier molecular flexibility index (Phi) is 2.74. The van der Waals surface area contributed by atoms with Crippen molar-refractivity contribution in [2.75, 3.05) is 0 Å². The highest BCUT2D eigenvalue weighted by molar-refractivity contribution is 5.95. The molecule has 1 rings (SSSR count). The smallest absolute Gasteiger partial charge is 0.250 e.